The fourth-order valence-electron chi connectivity index (χ4n) is 3.79. The summed E-state index contributed by atoms with van der Waals surface area (Å²) in [7, 11) is 0. The zero-order valence-corrected chi connectivity index (χ0v) is 17.6. The van der Waals surface area contributed by atoms with Crippen molar-refractivity contribution in [1.29, 1.82) is 0 Å². The second-order valence-electron chi connectivity index (χ2n) is 7.51. The van der Waals surface area contributed by atoms with E-state index < -0.39 is 0 Å². The highest BCUT2D eigenvalue weighted by molar-refractivity contribution is 7.09. The van der Waals surface area contributed by atoms with Crippen LogP contribution in [0.15, 0.2) is 60.2 Å². The minimum atomic E-state index is -0.0680. The number of hydrogen-bond acceptors (Lipinski definition) is 5. The molecule has 1 aliphatic heterocycles. The van der Waals surface area contributed by atoms with E-state index in [0.717, 1.165) is 22.5 Å². The molecule has 8 heteroatoms. The Labute approximate surface area is 183 Å². The van der Waals surface area contributed by atoms with Crippen molar-refractivity contribution < 1.29 is 9.59 Å². The van der Waals surface area contributed by atoms with Crippen LogP contribution in [0, 0.1) is 0 Å². The molecule has 0 atom stereocenters. The Morgan fingerprint density at radius 2 is 1.71 bits per heavy atom. The van der Waals surface area contributed by atoms with Crippen LogP contribution in [-0.2, 0) is 6.42 Å². The van der Waals surface area contributed by atoms with Crippen molar-refractivity contribution in [1.82, 2.24) is 24.8 Å². The average molecular weight is 432 g/mol. The number of rotatable bonds is 4. The third kappa shape index (κ3) is 4.06. The molecule has 156 valence electrons. The summed E-state index contributed by atoms with van der Waals surface area (Å²) in [6.45, 7) is 2.02. The zero-order valence-electron chi connectivity index (χ0n) is 16.8. The van der Waals surface area contributed by atoms with Gasteiger partial charge in [0.2, 0.25) is 0 Å². The summed E-state index contributed by atoms with van der Waals surface area (Å²) in [5.41, 5.74) is 3.97. The van der Waals surface area contributed by atoms with Crippen molar-refractivity contribution in [3.05, 3.63) is 82.1 Å². The molecular formula is C23H21N5O2S. The van der Waals surface area contributed by atoms with E-state index >= 15 is 0 Å². The third-order valence-corrected chi connectivity index (χ3v) is 6.34. The molecule has 1 saturated heterocycles. The van der Waals surface area contributed by atoms with Crippen molar-refractivity contribution in [3.8, 4) is 0 Å². The van der Waals surface area contributed by atoms with Crippen LogP contribution in [0.1, 0.15) is 31.4 Å². The summed E-state index contributed by atoms with van der Waals surface area (Å²) in [6, 6.07) is 15.6. The van der Waals surface area contributed by atoms with Gasteiger partial charge >= 0.3 is 0 Å². The van der Waals surface area contributed by atoms with Gasteiger partial charge in [0.25, 0.3) is 11.8 Å². The molecule has 31 heavy (non-hydrogen) atoms. The van der Waals surface area contributed by atoms with Crippen LogP contribution < -0.4 is 0 Å². The number of aromatic amines is 1. The molecule has 0 aliphatic carbocycles. The van der Waals surface area contributed by atoms with Crippen LogP contribution in [0.3, 0.4) is 0 Å². The molecule has 0 unspecified atom stereocenters. The lowest BCUT2D eigenvalue weighted by Gasteiger charge is -2.34. The van der Waals surface area contributed by atoms with Crippen molar-refractivity contribution in [2.45, 2.75) is 6.42 Å². The lowest BCUT2D eigenvalue weighted by molar-refractivity contribution is 0.0533. The fraction of sp³-hybridized carbons (Fsp3) is 0.217. The van der Waals surface area contributed by atoms with Gasteiger partial charge in [-0.05, 0) is 23.8 Å². The Hall–Kier alpha value is -3.52. The fourth-order valence-corrected chi connectivity index (χ4v) is 4.59. The molecule has 2 aromatic carbocycles. The van der Waals surface area contributed by atoms with Gasteiger partial charge < -0.3 is 14.8 Å². The molecule has 0 bridgehead atoms. The number of benzene rings is 2. The largest absolute Gasteiger partial charge is 0.345 e. The molecule has 5 rings (SSSR count). The normalized spacial score (nSPS) is 14.2. The van der Waals surface area contributed by atoms with Gasteiger partial charge in [0.1, 0.15) is 5.69 Å². The number of H-pyrrole nitrogens is 1. The molecule has 3 heterocycles. The van der Waals surface area contributed by atoms with Gasteiger partial charge in [0, 0.05) is 43.5 Å². The van der Waals surface area contributed by atoms with E-state index in [1.807, 2.05) is 35.7 Å². The van der Waals surface area contributed by atoms with E-state index in [9.17, 15) is 9.59 Å². The second-order valence-corrected chi connectivity index (χ2v) is 8.45. The summed E-state index contributed by atoms with van der Waals surface area (Å²) in [5.74, 6) is -0.0936. The molecule has 0 saturated carbocycles. The number of imidazole rings is 1. The number of thiazole rings is 1. The van der Waals surface area contributed by atoms with E-state index in [-0.39, 0.29) is 11.8 Å². The number of aromatic nitrogens is 3. The highest BCUT2D eigenvalue weighted by atomic mass is 32.1. The standard InChI is InChI=1S/C23H21N5O2S/c29-22(17-6-7-18-19(13-17)25-15-24-18)27-8-10-28(11-9-27)23(30)20-14-31-21(26-20)12-16-4-2-1-3-5-16/h1-7,13-15H,8-12H2,(H,24,25). The molecule has 0 radical (unpaired) electrons. The summed E-state index contributed by atoms with van der Waals surface area (Å²) in [6.07, 6.45) is 2.34. The smallest absolute Gasteiger partial charge is 0.273 e. The van der Waals surface area contributed by atoms with E-state index in [4.69, 9.17) is 0 Å². The summed E-state index contributed by atoms with van der Waals surface area (Å²) in [4.78, 5) is 41.1. The third-order valence-electron chi connectivity index (χ3n) is 5.49. The first-order valence-electron chi connectivity index (χ1n) is 10.2. The SMILES string of the molecule is O=C(c1ccc2nc[nH]c2c1)N1CCN(C(=O)c2csc(Cc3ccccc3)n2)CC1. The predicted octanol–water partition coefficient (Wildman–Crippen LogP) is 3.21. The number of nitrogens with zero attached hydrogens (tertiary/aromatic N) is 4. The Balaban J connectivity index is 1.20. The van der Waals surface area contributed by atoms with Crippen molar-refractivity contribution in [3.63, 3.8) is 0 Å². The first-order chi connectivity index (χ1) is 15.2. The maximum Gasteiger partial charge on any atom is 0.273 e. The Kier molecular flexibility index (Phi) is 5.21. The average Bonchev–Trinajstić information content (AvgIpc) is 3.48. The van der Waals surface area contributed by atoms with Crippen LogP contribution in [0.5, 0.6) is 0 Å². The number of carbonyl (C=O) groups excluding carboxylic acids is 2. The highest BCUT2D eigenvalue weighted by Gasteiger charge is 2.27. The van der Waals surface area contributed by atoms with Crippen LogP contribution in [0.25, 0.3) is 11.0 Å². The van der Waals surface area contributed by atoms with Gasteiger partial charge in [-0.3, -0.25) is 9.59 Å². The lowest BCUT2D eigenvalue weighted by Crippen LogP contribution is -2.50. The number of hydrogen-bond donors (Lipinski definition) is 1. The van der Waals surface area contributed by atoms with E-state index in [1.165, 1.54) is 16.9 Å². The predicted molar refractivity (Wildman–Crippen MR) is 119 cm³/mol. The van der Waals surface area contributed by atoms with E-state index in [1.54, 1.807) is 22.2 Å². The maximum absolute atomic E-state index is 12.9. The minimum Gasteiger partial charge on any atom is -0.345 e. The van der Waals surface area contributed by atoms with Gasteiger partial charge in [0.05, 0.1) is 22.4 Å². The summed E-state index contributed by atoms with van der Waals surface area (Å²) < 4.78 is 0. The molecule has 2 aromatic heterocycles. The topological polar surface area (TPSA) is 82.2 Å². The number of fused-ring (bicyclic) bond motifs is 1. The van der Waals surface area contributed by atoms with Gasteiger partial charge in [-0.25, -0.2) is 9.97 Å². The Morgan fingerprint density at radius 1 is 0.968 bits per heavy atom. The Morgan fingerprint density at radius 3 is 2.48 bits per heavy atom. The maximum atomic E-state index is 12.9. The van der Waals surface area contributed by atoms with Crippen LogP contribution >= 0.6 is 11.3 Å². The number of nitrogens with one attached hydrogen (secondary N) is 1. The lowest BCUT2D eigenvalue weighted by atomic mass is 10.1. The first kappa shape index (κ1) is 19.4. The summed E-state index contributed by atoms with van der Waals surface area (Å²) >= 11 is 1.51. The monoisotopic (exact) mass is 431 g/mol. The molecule has 0 spiro atoms. The molecule has 1 aliphatic rings. The van der Waals surface area contributed by atoms with Gasteiger partial charge in [0.15, 0.2) is 0 Å². The highest BCUT2D eigenvalue weighted by Crippen LogP contribution is 2.18. The van der Waals surface area contributed by atoms with E-state index in [2.05, 4.69) is 27.1 Å². The van der Waals surface area contributed by atoms with Crippen molar-refractivity contribution in [2.24, 2.45) is 0 Å². The first-order valence-corrected chi connectivity index (χ1v) is 11.1. The van der Waals surface area contributed by atoms with Crippen LogP contribution in [0.4, 0.5) is 0 Å². The molecule has 1 N–H and O–H groups in total. The van der Waals surface area contributed by atoms with Crippen molar-refractivity contribution >= 4 is 34.2 Å². The minimum absolute atomic E-state index is 0.0256. The van der Waals surface area contributed by atoms with Gasteiger partial charge in [-0.2, -0.15) is 0 Å². The van der Waals surface area contributed by atoms with Gasteiger partial charge in [-0.15, -0.1) is 11.3 Å². The number of amides is 2. The molecule has 1 fully saturated rings. The molecular weight excluding hydrogens is 410 g/mol. The quantitative estimate of drug-likeness (QED) is 0.538. The second kappa shape index (κ2) is 8.31. The molecule has 7 nitrogen and oxygen atoms in total. The van der Waals surface area contributed by atoms with Crippen LogP contribution in [0.2, 0.25) is 0 Å². The van der Waals surface area contributed by atoms with E-state index in [0.29, 0.717) is 37.4 Å². The zero-order chi connectivity index (χ0) is 21.2. The van der Waals surface area contributed by atoms with Crippen LogP contribution in [-0.4, -0.2) is 62.7 Å². The Bertz CT molecular complexity index is 1220. The summed E-state index contributed by atoms with van der Waals surface area (Å²) in [5, 5.41) is 2.76. The molecule has 4 aromatic rings. The number of carbonyl (C=O) groups is 2. The van der Waals surface area contributed by atoms with Gasteiger partial charge in [-0.1, -0.05) is 30.3 Å². The molecule has 2 amide bonds. The number of piperazine rings is 1. The van der Waals surface area contributed by atoms with Crippen molar-refractivity contribution in [2.75, 3.05) is 26.2 Å².